The van der Waals surface area contributed by atoms with Crippen LogP contribution in [-0.2, 0) is 10.0 Å². The highest BCUT2D eigenvalue weighted by Gasteiger charge is 2.23. The van der Waals surface area contributed by atoms with E-state index in [2.05, 4.69) is 30.1 Å². The lowest BCUT2D eigenvalue weighted by molar-refractivity contribution is 0.584. The van der Waals surface area contributed by atoms with E-state index in [-0.39, 0.29) is 10.7 Å². The summed E-state index contributed by atoms with van der Waals surface area (Å²) in [5.41, 5.74) is 3.42. The van der Waals surface area contributed by atoms with Gasteiger partial charge in [0.1, 0.15) is 0 Å². The molecule has 5 rings (SSSR count). The second kappa shape index (κ2) is 8.21. The molecule has 2 aromatic heterocycles. The summed E-state index contributed by atoms with van der Waals surface area (Å²) in [4.78, 5) is 11.6. The highest BCUT2D eigenvalue weighted by atomic mass is 32.2. The van der Waals surface area contributed by atoms with Crippen molar-refractivity contribution in [2.45, 2.75) is 11.8 Å². The lowest BCUT2D eigenvalue weighted by Crippen LogP contribution is -2.44. The van der Waals surface area contributed by atoms with Crippen LogP contribution in [0.15, 0.2) is 59.6 Å². The molecular weight excluding hydrogens is 426 g/mol. The standard InChI is InChI=1S/C22H23N7O2S/c1-15-18-13-16(7-8-19(18)27-26-15)20-14-24-21(22(25-20)29-11-9-23-10-12-29)28-32(30,31)17-5-3-2-4-6-17/h2-8,13-14,23H,9-12H2,1H3,(H,24,28)(H,26,27). The van der Waals surface area contributed by atoms with E-state index in [1.165, 1.54) is 0 Å². The van der Waals surface area contributed by atoms with E-state index in [9.17, 15) is 8.42 Å². The van der Waals surface area contributed by atoms with E-state index >= 15 is 0 Å². The Bertz CT molecular complexity index is 1360. The number of aromatic nitrogens is 4. The number of benzene rings is 2. The van der Waals surface area contributed by atoms with E-state index in [0.29, 0.717) is 24.6 Å². The van der Waals surface area contributed by atoms with Gasteiger partial charge in [-0.3, -0.25) is 9.82 Å². The molecule has 1 fully saturated rings. The van der Waals surface area contributed by atoms with Gasteiger partial charge in [0.2, 0.25) is 0 Å². The minimum absolute atomic E-state index is 0.179. The third kappa shape index (κ3) is 3.90. The summed E-state index contributed by atoms with van der Waals surface area (Å²) in [7, 11) is -3.79. The maximum Gasteiger partial charge on any atom is 0.263 e. The molecule has 3 heterocycles. The predicted octanol–water partition coefficient (Wildman–Crippen LogP) is 2.54. The highest BCUT2D eigenvalue weighted by molar-refractivity contribution is 7.92. The molecule has 2 aromatic carbocycles. The topological polar surface area (TPSA) is 116 Å². The van der Waals surface area contributed by atoms with Crippen molar-refractivity contribution in [2.24, 2.45) is 0 Å². The predicted molar refractivity (Wildman–Crippen MR) is 124 cm³/mol. The number of sulfonamides is 1. The molecule has 0 radical (unpaired) electrons. The molecule has 0 saturated carbocycles. The zero-order valence-electron chi connectivity index (χ0n) is 17.5. The van der Waals surface area contributed by atoms with Gasteiger partial charge in [-0.05, 0) is 31.2 Å². The van der Waals surface area contributed by atoms with Crippen LogP contribution in [-0.4, -0.2) is 54.8 Å². The number of hydrogen-bond acceptors (Lipinski definition) is 7. The third-order valence-corrected chi connectivity index (χ3v) is 6.85. The Balaban J connectivity index is 1.57. The molecule has 0 amide bonds. The molecule has 0 spiro atoms. The molecule has 0 bridgehead atoms. The molecule has 1 saturated heterocycles. The number of piperazine rings is 1. The number of nitrogens with one attached hydrogen (secondary N) is 3. The van der Waals surface area contributed by atoms with Crippen LogP contribution >= 0.6 is 0 Å². The first-order valence-electron chi connectivity index (χ1n) is 10.4. The first-order valence-corrected chi connectivity index (χ1v) is 11.9. The largest absolute Gasteiger partial charge is 0.351 e. The summed E-state index contributed by atoms with van der Waals surface area (Å²) in [6.45, 7) is 4.96. The number of anilines is 2. The van der Waals surface area contributed by atoms with Gasteiger partial charge >= 0.3 is 0 Å². The normalized spacial score (nSPS) is 14.6. The molecule has 9 nitrogen and oxygen atoms in total. The third-order valence-electron chi connectivity index (χ3n) is 5.50. The van der Waals surface area contributed by atoms with Crippen molar-refractivity contribution in [3.63, 3.8) is 0 Å². The molecule has 164 valence electrons. The molecule has 1 aliphatic heterocycles. The van der Waals surface area contributed by atoms with Gasteiger partial charge in [0.15, 0.2) is 11.6 Å². The molecule has 0 unspecified atom stereocenters. The number of H-pyrrole nitrogens is 1. The maximum atomic E-state index is 12.9. The molecule has 32 heavy (non-hydrogen) atoms. The first-order chi connectivity index (χ1) is 15.5. The van der Waals surface area contributed by atoms with Crippen molar-refractivity contribution in [1.29, 1.82) is 0 Å². The van der Waals surface area contributed by atoms with Crippen molar-refractivity contribution < 1.29 is 8.42 Å². The van der Waals surface area contributed by atoms with Crippen molar-refractivity contribution in [3.05, 3.63) is 60.4 Å². The van der Waals surface area contributed by atoms with Crippen LogP contribution in [0.2, 0.25) is 0 Å². The summed E-state index contributed by atoms with van der Waals surface area (Å²) < 4.78 is 28.5. The van der Waals surface area contributed by atoms with E-state index < -0.39 is 10.0 Å². The van der Waals surface area contributed by atoms with Gasteiger partial charge in [-0.15, -0.1) is 0 Å². The molecule has 0 atom stereocenters. The zero-order chi connectivity index (χ0) is 22.1. The van der Waals surface area contributed by atoms with E-state index in [1.54, 1.807) is 36.5 Å². The number of rotatable bonds is 5. The maximum absolute atomic E-state index is 12.9. The number of hydrogen-bond donors (Lipinski definition) is 3. The summed E-state index contributed by atoms with van der Waals surface area (Å²) >= 11 is 0. The summed E-state index contributed by atoms with van der Waals surface area (Å²) in [6.07, 6.45) is 1.60. The van der Waals surface area contributed by atoms with Gasteiger partial charge in [-0.2, -0.15) is 5.10 Å². The number of fused-ring (bicyclic) bond motifs is 1. The fraction of sp³-hybridized carbons (Fsp3) is 0.227. The van der Waals surface area contributed by atoms with Gasteiger partial charge in [0, 0.05) is 42.8 Å². The van der Waals surface area contributed by atoms with Crippen LogP contribution < -0.4 is 14.9 Å². The summed E-state index contributed by atoms with van der Waals surface area (Å²) in [5.74, 6) is 0.743. The van der Waals surface area contributed by atoms with Crippen LogP contribution in [0, 0.1) is 6.92 Å². The minimum atomic E-state index is -3.79. The Morgan fingerprint density at radius 1 is 1.06 bits per heavy atom. The molecular formula is C22H23N7O2S. The Kier molecular flexibility index (Phi) is 5.24. The lowest BCUT2D eigenvalue weighted by atomic mass is 10.1. The molecule has 1 aliphatic rings. The minimum Gasteiger partial charge on any atom is -0.351 e. The zero-order valence-corrected chi connectivity index (χ0v) is 18.4. The van der Waals surface area contributed by atoms with Crippen molar-refractivity contribution >= 4 is 32.6 Å². The SMILES string of the molecule is Cc1[nH]nc2ccc(-c3cnc(NS(=O)(=O)c4ccccc4)c(N4CCNCC4)n3)cc12. The van der Waals surface area contributed by atoms with Crippen molar-refractivity contribution in [3.8, 4) is 11.3 Å². The first kappa shape index (κ1) is 20.4. The second-order valence-corrected chi connectivity index (χ2v) is 9.35. The van der Waals surface area contributed by atoms with Crippen LogP contribution in [0.5, 0.6) is 0 Å². The smallest absolute Gasteiger partial charge is 0.263 e. The van der Waals surface area contributed by atoms with E-state index in [1.807, 2.05) is 25.1 Å². The number of aromatic amines is 1. The number of nitrogens with zero attached hydrogens (tertiary/aromatic N) is 4. The van der Waals surface area contributed by atoms with Crippen LogP contribution in [0.1, 0.15) is 5.69 Å². The fourth-order valence-electron chi connectivity index (χ4n) is 3.77. The monoisotopic (exact) mass is 449 g/mol. The summed E-state index contributed by atoms with van der Waals surface area (Å²) in [6, 6.07) is 14.2. The van der Waals surface area contributed by atoms with Gasteiger partial charge < -0.3 is 10.2 Å². The van der Waals surface area contributed by atoms with Gasteiger partial charge in [0.25, 0.3) is 10.0 Å². The Labute approximate surface area is 186 Å². The van der Waals surface area contributed by atoms with Gasteiger partial charge in [-0.1, -0.05) is 24.3 Å². The fourth-order valence-corrected chi connectivity index (χ4v) is 4.80. The average Bonchev–Trinajstić information content (AvgIpc) is 3.20. The molecule has 4 aromatic rings. The van der Waals surface area contributed by atoms with E-state index in [4.69, 9.17) is 4.98 Å². The van der Waals surface area contributed by atoms with E-state index in [0.717, 1.165) is 35.2 Å². The van der Waals surface area contributed by atoms with Crippen LogP contribution in [0.4, 0.5) is 11.6 Å². The molecule has 10 heteroatoms. The lowest BCUT2D eigenvalue weighted by Gasteiger charge is -2.29. The van der Waals surface area contributed by atoms with Crippen LogP contribution in [0.25, 0.3) is 22.2 Å². The molecule has 0 aliphatic carbocycles. The summed E-state index contributed by atoms with van der Waals surface area (Å²) in [5, 5.41) is 11.6. The number of aryl methyl sites for hydroxylation is 1. The van der Waals surface area contributed by atoms with Gasteiger partial charge in [-0.25, -0.2) is 18.4 Å². The second-order valence-electron chi connectivity index (χ2n) is 7.66. The van der Waals surface area contributed by atoms with Crippen molar-refractivity contribution in [1.82, 2.24) is 25.5 Å². The highest BCUT2D eigenvalue weighted by Crippen LogP contribution is 2.30. The Hall–Kier alpha value is -3.50. The Morgan fingerprint density at radius 3 is 2.62 bits per heavy atom. The Morgan fingerprint density at radius 2 is 1.84 bits per heavy atom. The molecule has 3 N–H and O–H groups in total. The average molecular weight is 450 g/mol. The van der Waals surface area contributed by atoms with Gasteiger partial charge in [0.05, 0.1) is 22.3 Å². The van der Waals surface area contributed by atoms with Crippen LogP contribution in [0.3, 0.4) is 0 Å². The van der Waals surface area contributed by atoms with Crippen molar-refractivity contribution in [2.75, 3.05) is 35.8 Å². The quantitative estimate of drug-likeness (QED) is 0.429.